The van der Waals surface area contributed by atoms with Crippen LogP contribution in [0.5, 0.6) is 0 Å². The molecular formula is C32H51N5O2. The lowest BCUT2D eigenvalue weighted by Gasteiger charge is -2.45. The molecule has 216 valence electrons. The van der Waals surface area contributed by atoms with Gasteiger partial charge in [0.15, 0.2) is 0 Å². The molecule has 0 saturated carbocycles. The number of allylic oxidation sites excluding steroid dienone is 1. The van der Waals surface area contributed by atoms with E-state index in [1.807, 2.05) is 18.2 Å². The minimum absolute atomic E-state index is 0.433. The number of nitrogens with zero attached hydrogens (tertiary/aromatic N) is 4. The number of benzene rings is 1. The maximum Gasteiger partial charge on any atom is 0.274 e. The Balaban J connectivity index is 1.51. The van der Waals surface area contributed by atoms with Crippen molar-refractivity contribution in [2.45, 2.75) is 59.7 Å². The summed E-state index contributed by atoms with van der Waals surface area (Å²) in [4.78, 5) is 21.9. The average molecular weight is 538 g/mol. The quantitative estimate of drug-likeness (QED) is 0.234. The molecule has 0 unspecified atom stereocenters. The monoisotopic (exact) mass is 537 g/mol. The van der Waals surface area contributed by atoms with Crippen molar-refractivity contribution >= 4 is 5.91 Å². The molecule has 1 aromatic rings. The molecule has 0 aliphatic carbocycles. The van der Waals surface area contributed by atoms with Crippen LogP contribution in [0.1, 0.15) is 57.0 Å². The number of hydrogen-bond donors (Lipinski definition) is 2. The summed E-state index contributed by atoms with van der Waals surface area (Å²) < 4.78 is 0. The number of carbonyl (C=O) groups is 1. The minimum atomic E-state index is -0.481. The lowest BCUT2D eigenvalue weighted by atomic mass is 10.0. The van der Waals surface area contributed by atoms with Gasteiger partial charge in [0.1, 0.15) is 0 Å². The van der Waals surface area contributed by atoms with Crippen LogP contribution >= 0.6 is 0 Å². The molecule has 39 heavy (non-hydrogen) atoms. The summed E-state index contributed by atoms with van der Waals surface area (Å²) in [5.74, 6) is 0.290. The molecule has 2 aliphatic rings. The second kappa shape index (κ2) is 15.5. The summed E-state index contributed by atoms with van der Waals surface area (Å²) in [6.07, 6.45) is 7.93. The SMILES string of the molecule is C=C/C(=C\C(=C/C)CN1[C@H](C)CN(Cc2ccc(C(=O)NO)cc2)C[C@@H]1C)CN1CCN(CCC(C)C)CC1. The van der Waals surface area contributed by atoms with Gasteiger partial charge in [-0.2, -0.15) is 0 Å². The highest BCUT2D eigenvalue weighted by Gasteiger charge is 2.29. The number of amides is 1. The van der Waals surface area contributed by atoms with Crippen LogP contribution in [0.25, 0.3) is 0 Å². The molecule has 0 spiro atoms. The Kier molecular flexibility index (Phi) is 12.4. The van der Waals surface area contributed by atoms with Gasteiger partial charge in [0.05, 0.1) is 0 Å². The molecule has 2 aliphatic heterocycles. The zero-order chi connectivity index (χ0) is 28.4. The molecule has 2 heterocycles. The van der Waals surface area contributed by atoms with E-state index in [0.717, 1.165) is 64.8 Å². The van der Waals surface area contributed by atoms with Crippen LogP contribution in [0.3, 0.4) is 0 Å². The fourth-order valence-electron chi connectivity index (χ4n) is 5.70. The van der Waals surface area contributed by atoms with Crippen molar-refractivity contribution in [2.24, 2.45) is 5.92 Å². The van der Waals surface area contributed by atoms with Crippen LogP contribution in [-0.4, -0.2) is 102 Å². The predicted molar refractivity (Wildman–Crippen MR) is 161 cm³/mol. The molecule has 0 bridgehead atoms. The van der Waals surface area contributed by atoms with Crippen molar-refractivity contribution in [1.82, 2.24) is 25.1 Å². The Morgan fingerprint density at radius 3 is 2.15 bits per heavy atom. The third-order valence-corrected chi connectivity index (χ3v) is 8.16. The highest BCUT2D eigenvalue weighted by atomic mass is 16.5. The standard InChI is InChI=1S/C32H51N5O2/c1-7-28(22-35-17-15-34(16-18-35)14-13-25(3)4)19-29(8-2)24-37-26(5)20-36(21-27(37)6)23-30-9-11-31(12-10-30)32(38)33-39/h7-12,19,25-27,39H,1,13-18,20-24H2,2-6H3,(H,33,38)/b28-19+,29-8+/t26-,27+. The highest BCUT2D eigenvalue weighted by Crippen LogP contribution is 2.21. The molecule has 7 nitrogen and oxygen atoms in total. The van der Waals surface area contributed by atoms with Gasteiger partial charge in [-0.15, -0.1) is 0 Å². The second-order valence-electron chi connectivity index (χ2n) is 11.8. The maximum absolute atomic E-state index is 11.6. The van der Waals surface area contributed by atoms with Crippen molar-refractivity contribution in [1.29, 1.82) is 0 Å². The lowest BCUT2D eigenvalue weighted by Crippen LogP contribution is -2.56. The van der Waals surface area contributed by atoms with E-state index in [4.69, 9.17) is 5.21 Å². The predicted octanol–water partition coefficient (Wildman–Crippen LogP) is 4.42. The van der Waals surface area contributed by atoms with Crippen LogP contribution in [0.15, 0.2) is 60.2 Å². The Hall–Kier alpha value is -2.29. The Labute approximate surface area is 236 Å². The summed E-state index contributed by atoms with van der Waals surface area (Å²) in [5.41, 5.74) is 5.98. The number of piperazine rings is 2. The number of hydroxylamine groups is 1. The molecule has 1 amide bonds. The summed E-state index contributed by atoms with van der Waals surface area (Å²) in [7, 11) is 0. The van der Waals surface area contributed by atoms with E-state index in [-0.39, 0.29) is 0 Å². The van der Waals surface area contributed by atoms with E-state index < -0.39 is 5.91 Å². The van der Waals surface area contributed by atoms with Crippen molar-refractivity contribution in [2.75, 3.05) is 58.9 Å². The smallest absolute Gasteiger partial charge is 0.274 e. The normalized spacial score (nSPS) is 22.8. The van der Waals surface area contributed by atoms with Crippen molar-refractivity contribution in [3.05, 3.63) is 71.3 Å². The summed E-state index contributed by atoms with van der Waals surface area (Å²) in [6, 6.07) is 8.33. The number of nitrogens with one attached hydrogen (secondary N) is 1. The molecule has 2 N–H and O–H groups in total. The zero-order valence-corrected chi connectivity index (χ0v) is 24.9. The van der Waals surface area contributed by atoms with E-state index in [1.54, 1.807) is 17.6 Å². The first kappa shape index (κ1) is 31.2. The Morgan fingerprint density at radius 2 is 1.62 bits per heavy atom. The second-order valence-corrected chi connectivity index (χ2v) is 11.8. The first-order chi connectivity index (χ1) is 18.7. The number of carbonyl (C=O) groups excluding carboxylic acids is 1. The van der Waals surface area contributed by atoms with E-state index in [2.05, 4.69) is 72.9 Å². The first-order valence-electron chi connectivity index (χ1n) is 14.7. The fourth-order valence-corrected chi connectivity index (χ4v) is 5.70. The van der Waals surface area contributed by atoms with Gasteiger partial charge in [0, 0.05) is 76.5 Å². The molecule has 1 aromatic carbocycles. The van der Waals surface area contributed by atoms with E-state index >= 15 is 0 Å². The molecule has 2 fully saturated rings. The topological polar surface area (TPSA) is 62.3 Å². The largest absolute Gasteiger partial charge is 0.301 e. The number of hydrogen-bond acceptors (Lipinski definition) is 6. The highest BCUT2D eigenvalue weighted by molar-refractivity contribution is 5.93. The first-order valence-corrected chi connectivity index (χ1v) is 14.7. The van der Waals surface area contributed by atoms with Crippen molar-refractivity contribution in [3.63, 3.8) is 0 Å². The van der Waals surface area contributed by atoms with Crippen molar-refractivity contribution < 1.29 is 10.0 Å². The third kappa shape index (κ3) is 9.69. The van der Waals surface area contributed by atoms with E-state index in [1.165, 1.54) is 29.7 Å². The average Bonchev–Trinajstić information content (AvgIpc) is 2.93. The van der Waals surface area contributed by atoms with Gasteiger partial charge in [-0.05, 0) is 68.5 Å². The maximum atomic E-state index is 11.6. The molecule has 0 aromatic heterocycles. The Bertz CT molecular complexity index is 967. The molecule has 2 saturated heterocycles. The number of rotatable bonds is 12. The third-order valence-electron chi connectivity index (χ3n) is 8.16. The van der Waals surface area contributed by atoms with Gasteiger partial charge >= 0.3 is 0 Å². The molecular weight excluding hydrogens is 486 g/mol. The van der Waals surface area contributed by atoms with Crippen molar-refractivity contribution in [3.8, 4) is 0 Å². The van der Waals surface area contributed by atoms with Gasteiger partial charge in [-0.1, -0.05) is 50.8 Å². The molecule has 3 rings (SSSR count). The van der Waals surface area contributed by atoms with Gasteiger partial charge in [-0.3, -0.25) is 24.7 Å². The lowest BCUT2D eigenvalue weighted by molar-refractivity contribution is 0.0426. The van der Waals surface area contributed by atoms with Crippen LogP contribution in [0, 0.1) is 5.92 Å². The van der Waals surface area contributed by atoms with Gasteiger partial charge in [0.25, 0.3) is 5.91 Å². The van der Waals surface area contributed by atoms with Gasteiger partial charge in [0.2, 0.25) is 0 Å². The summed E-state index contributed by atoms with van der Waals surface area (Å²) >= 11 is 0. The summed E-state index contributed by atoms with van der Waals surface area (Å²) in [5, 5.41) is 8.83. The fraction of sp³-hybridized carbons (Fsp3) is 0.594. The molecule has 0 radical (unpaired) electrons. The zero-order valence-electron chi connectivity index (χ0n) is 24.9. The van der Waals surface area contributed by atoms with Gasteiger partial charge in [-0.25, -0.2) is 5.48 Å². The van der Waals surface area contributed by atoms with Gasteiger partial charge < -0.3 is 4.90 Å². The van der Waals surface area contributed by atoms with E-state index in [9.17, 15) is 4.79 Å². The minimum Gasteiger partial charge on any atom is -0.301 e. The van der Waals surface area contributed by atoms with E-state index in [0.29, 0.717) is 17.6 Å². The summed E-state index contributed by atoms with van der Waals surface area (Å²) in [6.45, 7) is 26.1. The van der Waals surface area contributed by atoms with Crippen LogP contribution in [-0.2, 0) is 6.54 Å². The Morgan fingerprint density at radius 1 is 1.00 bits per heavy atom. The van der Waals surface area contributed by atoms with Crippen LogP contribution in [0.4, 0.5) is 0 Å². The van der Waals surface area contributed by atoms with Crippen LogP contribution in [0.2, 0.25) is 0 Å². The molecule has 7 heteroatoms. The van der Waals surface area contributed by atoms with Crippen LogP contribution < -0.4 is 5.48 Å². The molecule has 2 atom stereocenters.